The molecular weight excluding hydrogens is 349 g/mol. The Bertz CT molecular complexity index is 759. The zero-order valence-electron chi connectivity index (χ0n) is 13.6. The molecule has 0 bridgehead atoms. The molecule has 1 unspecified atom stereocenters. The monoisotopic (exact) mass is 366 g/mol. The predicted molar refractivity (Wildman–Crippen MR) is 90.5 cm³/mol. The molecule has 2 aromatic rings. The lowest BCUT2D eigenvalue weighted by Crippen LogP contribution is -2.47. The van der Waals surface area contributed by atoms with Gasteiger partial charge in [0.25, 0.3) is 0 Å². The maximum Gasteiger partial charge on any atom is 0.418 e. The molecule has 2 heterocycles. The van der Waals surface area contributed by atoms with E-state index in [9.17, 15) is 13.2 Å². The molecule has 25 heavy (non-hydrogen) atoms. The summed E-state index contributed by atoms with van der Waals surface area (Å²) >= 11 is 1.59. The van der Waals surface area contributed by atoms with Gasteiger partial charge in [0, 0.05) is 43.4 Å². The molecule has 1 aromatic carbocycles. The number of aromatic nitrogens is 1. The first-order valence-corrected chi connectivity index (χ1v) is 8.78. The van der Waals surface area contributed by atoms with Gasteiger partial charge < -0.3 is 4.90 Å². The molecule has 4 nitrogen and oxygen atoms in total. The Morgan fingerprint density at radius 1 is 1.24 bits per heavy atom. The van der Waals surface area contributed by atoms with Crippen molar-refractivity contribution in [1.29, 1.82) is 5.26 Å². The van der Waals surface area contributed by atoms with E-state index < -0.39 is 11.7 Å². The van der Waals surface area contributed by atoms with Gasteiger partial charge >= 0.3 is 6.18 Å². The summed E-state index contributed by atoms with van der Waals surface area (Å²) < 4.78 is 40.1. The van der Waals surface area contributed by atoms with Crippen LogP contribution in [0.4, 0.5) is 18.9 Å². The zero-order chi connectivity index (χ0) is 18.0. The van der Waals surface area contributed by atoms with E-state index in [-0.39, 0.29) is 17.3 Å². The maximum absolute atomic E-state index is 13.4. The molecule has 1 aromatic heterocycles. The molecule has 0 N–H and O–H groups in total. The summed E-state index contributed by atoms with van der Waals surface area (Å²) in [7, 11) is 0. The molecule has 132 valence electrons. The van der Waals surface area contributed by atoms with Gasteiger partial charge in [0.2, 0.25) is 0 Å². The maximum atomic E-state index is 13.4. The number of alkyl halides is 3. The highest BCUT2D eigenvalue weighted by Gasteiger charge is 2.36. The lowest BCUT2D eigenvalue weighted by Gasteiger charge is -2.39. The summed E-state index contributed by atoms with van der Waals surface area (Å²) in [6, 6.07) is 5.71. The SMILES string of the molecule is CC(c1nccs1)N1CCN(c2ccc(C#N)cc2C(F)(F)F)CC1. The number of rotatable bonds is 3. The Hall–Kier alpha value is -2.11. The van der Waals surface area contributed by atoms with E-state index in [1.54, 1.807) is 28.5 Å². The average molecular weight is 366 g/mol. The standard InChI is InChI=1S/C17H17F3N4S/c1-12(16-22-4-9-25-16)23-5-7-24(8-6-23)15-3-2-13(11-21)10-14(15)17(18,19)20/h2-4,9-10,12H,5-8H2,1H3. The van der Waals surface area contributed by atoms with Crippen LogP contribution in [0.3, 0.4) is 0 Å². The van der Waals surface area contributed by atoms with Gasteiger partial charge in [-0.3, -0.25) is 4.90 Å². The first kappa shape index (κ1) is 17.7. The molecule has 8 heteroatoms. The molecule has 0 saturated carbocycles. The number of benzene rings is 1. The number of piperazine rings is 1. The molecule has 0 spiro atoms. The van der Waals surface area contributed by atoms with Gasteiger partial charge in [0.05, 0.1) is 23.2 Å². The molecule has 1 saturated heterocycles. The zero-order valence-corrected chi connectivity index (χ0v) is 14.4. The van der Waals surface area contributed by atoms with Crippen molar-refractivity contribution < 1.29 is 13.2 Å². The Morgan fingerprint density at radius 3 is 2.52 bits per heavy atom. The summed E-state index contributed by atoms with van der Waals surface area (Å²) in [5.74, 6) is 0. The van der Waals surface area contributed by atoms with E-state index in [1.807, 2.05) is 5.38 Å². The van der Waals surface area contributed by atoms with Crippen molar-refractivity contribution in [1.82, 2.24) is 9.88 Å². The van der Waals surface area contributed by atoms with Crippen LogP contribution >= 0.6 is 11.3 Å². The summed E-state index contributed by atoms with van der Waals surface area (Å²) in [4.78, 5) is 8.29. The predicted octanol–water partition coefficient (Wildman–Crippen LogP) is 3.92. The largest absolute Gasteiger partial charge is 0.418 e. The van der Waals surface area contributed by atoms with Crippen molar-refractivity contribution in [2.75, 3.05) is 31.1 Å². The van der Waals surface area contributed by atoms with Gasteiger partial charge in [-0.25, -0.2) is 4.98 Å². The fourth-order valence-electron chi connectivity index (χ4n) is 3.06. The van der Waals surface area contributed by atoms with Crippen LogP contribution in [0.15, 0.2) is 29.8 Å². The lowest BCUT2D eigenvalue weighted by atomic mass is 10.1. The van der Waals surface area contributed by atoms with Crippen molar-refractivity contribution in [3.63, 3.8) is 0 Å². The second-order valence-electron chi connectivity index (χ2n) is 5.91. The third-order valence-electron chi connectivity index (χ3n) is 4.44. The quantitative estimate of drug-likeness (QED) is 0.826. The van der Waals surface area contributed by atoms with Crippen LogP contribution in [0.2, 0.25) is 0 Å². The van der Waals surface area contributed by atoms with Crippen molar-refractivity contribution in [2.24, 2.45) is 0 Å². The van der Waals surface area contributed by atoms with Crippen LogP contribution in [-0.2, 0) is 6.18 Å². The smallest absolute Gasteiger partial charge is 0.368 e. The minimum atomic E-state index is -4.48. The minimum absolute atomic E-state index is 0.0205. The Kier molecular flexibility index (Phi) is 4.97. The number of hydrogen-bond acceptors (Lipinski definition) is 5. The van der Waals surface area contributed by atoms with Crippen molar-refractivity contribution >= 4 is 17.0 Å². The minimum Gasteiger partial charge on any atom is -0.368 e. The van der Waals surface area contributed by atoms with E-state index in [0.717, 1.165) is 11.1 Å². The van der Waals surface area contributed by atoms with Crippen LogP contribution in [0, 0.1) is 11.3 Å². The van der Waals surface area contributed by atoms with Crippen LogP contribution in [0.5, 0.6) is 0 Å². The molecule has 1 fully saturated rings. The van der Waals surface area contributed by atoms with E-state index >= 15 is 0 Å². The molecule has 0 radical (unpaired) electrons. The van der Waals surface area contributed by atoms with E-state index in [4.69, 9.17) is 5.26 Å². The number of nitrogens with zero attached hydrogens (tertiary/aromatic N) is 4. The highest BCUT2D eigenvalue weighted by molar-refractivity contribution is 7.09. The average Bonchev–Trinajstić information content (AvgIpc) is 3.14. The summed E-state index contributed by atoms with van der Waals surface area (Å²) in [5.41, 5.74) is -0.576. The first-order chi connectivity index (χ1) is 11.9. The van der Waals surface area contributed by atoms with Gasteiger partial charge in [-0.05, 0) is 25.1 Å². The van der Waals surface area contributed by atoms with Crippen LogP contribution in [0.1, 0.15) is 29.1 Å². The first-order valence-electron chi connectivity index (χ1n) is 7.90. The number of thiazole rings is 1. The number of hydrogen-bond donors (Lipinski definition) is 0. The highest BCUT2D eigenvalue weighted by Crippen LogP contribution is 2.38. The number of anilines is 1. The Morgan fingerprint density at radius 2 is 1.96 bits per heavy atom. The number of halogens is 3. The van der Waals surface area contributed by atoms with E-state index in [0.29, 0.717) is 26.2 Å². The van der Waals surface area contributed by atoms with Crippen molar-refractivity contribution in [2.45, 2.75) is 19.1 Å². The molecular formula is C17H17F3N4S. The van der Waals surface area contributed by atoms with Gasteiger partial charge in [-0.1, -0.05) is 0 Å². The highest BCUT2D eigenvalue weighted by atomic mass is 32.1. The van der Waals surface area contributed by atoms with Gasteiger partial charge in [-0.2, -0.15) is 18.4 Å². The van der Waals surface area contributed by atoms with Crippen molar-refractivity contribution in [3.05, 3.63) is 45.9 Å². The fourth-order valence-corrected chi connectivity index (χ4v) is 3.78. The molecule has 1 aliphatic heterocycles. The summed E-state index contributed by atoms with van der Waals surface area (Å²) in [6.45, 7) is 4.41. The Labute approximate surface area is 148 Å². The normalized spacial score (nSPS) is 17.3. The van der Waals surface area contributed by atoms with Gasteiger partial charge in [0.15, 0.2) is 0 Å². The van der Waals surface area contributed by atoms with E-state index in [2.05, 4.69) is 16.8 Å². The lowest BCUT2D eigenvalue weighted by molar-refractivity contribution is -0.137. The van der Waals surface area contributed by atoms with Crippen LogP contribution < -0.4 is 4.90 Å². The van der Waals surface area contributed by atoms with Gasteiger partial charge in [0.1, 0.15) is 5.01 Å². The fraction of sp³-hybridized carbons (Fsp3) is 0.412. The third kappa shape index (κ3) is 3.78. The molecule has 0 aliphatic carbocycles. The third-order valence-corrected chi connectivity index (χ3v) is 5.39. The summed E-state index contributed by atoms with van der Waals surface area (Å²) in [5, 5.41) is 11.8. The second-order valence-corrected chi connectivity index (χ2v) is 6.84. The molecule has 1 atom stereocenters. The Balaban J connectivity index is 1.76. The molecule has 3 rings (SSSR count). The number of nitriles is 1. The topological polar surface area (TPSA) is 43.2 Å². The van der Waals surface area contributed by atoms with Crippen LogP contribution in [0.25, 0.3) is 0 Å². The van der Waals surface area contributed by atoms with Crippen LogP contribution in [-0.4, -0.2) is 36.1 Å². The molecule has 0 amide bonds. The van der Waals surface area contributed by atoms with Gasteiger partial charge in [-0.15, -0.1) is 11.3 Å². The van der Waals surface area contributed by atoms with Crippen molar-refractivity contribution in [3.8, 4) is 6.07 Å². The molecule has 1 aliphatic rings. The van der Waals surface area contributed by atoms with E-state index in [1.165, 1.54) is 12.1 Å². The summed E-state index contributed by atoms with van der Waals surface area (Å²) in [6.07, 6.45) is -2.72. The second kappa shape index (κ2) is 7.02.